The van der Waals surface area contributed by atoms with Crippen molar-refractivity contribution in [3.05, 3.63) is 12.2 Å². The molecule has 2 nitrogen and oxygen atoms in total. The summed E-state index contributed by atoms with van der Waals surface area (Å²) < 4.78 is 0. The molecule has 0 aromatic heterocycles. The Morgan fingerprint density at radius 1 is 0.613 bits per heavy atom. The van der Waals surface area contributed by atoms with Crippen LogP contribution >= 0.6 is 0 Å². The summed E-state index contributed by atoms with van der Waals surface area (Å²) in [6, 6.07) is 0. The van der Waals surface area contributed by atoms with Gasteiger partial charge in [-0.1, -0.05) is 129 Å². The molecule has 1 unspecified atom stereocenters. The van der Waals surface area contributed by atoms with Crippen LogP contribution in [0.3, 0.4) is 0 Å². The Morgan fingerprint density at radius 3 is 1.48 bits per heavy atom. The first-order chi connectivity index (χ1) is 15.1. The van der Waals surface area contributed by atoms with Crippen LogP contribution in [-0.2, 0) is 4.79 Å². The molecule has 0 spiro atoms. The van der Waals surface area contributed by atoms with Gasteiger partial charge in [-0.05, 0) is 44.4 Å². The fourth-order valence-electron chi connectivity index (χ4n) is 4.29. The lowest BCUT2D eigenvalue weighted by atomic mass is 9.94. The van der Waals surface area contributed by atoms with Crippen molar-refractivity contribution < 1.29 is 9.90 Å². The van der Waals surface area contributed by atoms with Crippen LogP contribution in [0.25, 0.3) is 0 Å². The predicted octanol–water partition coefficient (Wildman–Crippen LogP) is 10.1. The fourth-order valence-corrected chi connectivity index (χ4v) is 4.29. The van der Waals surface area contributed by atoms with E-state index >= 15 is 0 Å². The third-order valence-corrected chi connectivity index (χ3v) is 6.51. The number of unbranched alkanes of at least 4 members (excludes halogenated alkanes) is 15. The Kier molecular flexibility index (Phi) is 23.3. The third-order valence-electron chi connectivity index (χ3n) is 6.51. The van der Waals surface area contributed by atoms with E-state index in [0.717, 1.165) is 31.6 Å². The van der Waals surface area contributed by atoms with Crippen LogP contribution in [-0.4, -0.2) is 11.1 Å². The molecule has 0 saturated carbocycles. The molecule has 2 heteroatoms. The lowest BCUT2D eigenvalue weighted by Crippen LogP contribution is -2.13. The fraction of sp³-hybridized carbons (Fsp3) is 0.897. The van der Waals surface area contributed by atoms with E-state index in [1.165, 1.54) is 109 Å². The van der Waals surface area contributed by atoms with Gasteiger partial charge < -0.3 is 5.11 Å². The van der Waals surface area contributed by atoms with Gasteiger partial charge in [0.25, 0.3) is 0 Å². The molecule has 31 heavy (non-hydrogen) atoms. The first kappa shape index (κ1) is 30.2. The van der Waals surface area contributed by atoms with Crippen molar-refractivity contribution in [3.63, 3.8) is 0 Å². The Balaban J connectivity index is 3.50. The lowest BCUT2D eigenvalue weighted by Gasteiger charge is -2.12. The highest BCUT2D eigenvalue weighted by Gasteiger charge is 2.16. The van der Waals surface area contributed by atoms with Gasteiger partial charge in [0, 0.05) is 0 Å². The molecule has 0 aliphatic carbocycles. The Hall–Kier alpha value is -0.790. The summed E-state index contributed by atoms with van der Waals surface area (Å²) in [4.78, 5) is 11.5. The molecule has 0 saturated heterocycles. The van der Waals surface area contributed by atoms with Crippen LogP contribution < -0.4 is 0 Å². The summed E-state index contributed by atoms with van der Waals surface area (Å²) in [5.41, 5.74) is 0. The van der Waals surface area contributed by atoms with Crippen LogP contribution in [0.1, 0.15) is 156 Å². The molecule has 184 valence electrons. The molecule has 1 N–H and O–H groups in total. The average molecular weight is 437 g/mol. The van der Waals surface area contributed by atoms with Crippen molar-refractivity contribution in [2.24, 2.45) is 11.8 Å². The van der Waals surface area contributed by atoms with Crippen molar-refractivity contribution in [2.75, 3.05) is 0 Å². The molecule has 0 fully saturated rings. The van der Waals surface area contributed by atoms with Gasteiger partial charge in [0.1, 0.15) is 0 Å². The van der Waals surface area contributed by atoms with Crippen LogP contribution in [0.4, 0.5) is 0 Å². The van der Waals surface area contributed by atoms with Gasteiger partial charge in [-0.25, -0.2) is 0 Å². The van der Waals surface area contributed by atoms with Crippen LogP contribution in [0.5, 0.6) is 0 Å². The third kappa shape index (κ3) is 23.7. The minimum absolute atomic E-state index is 0.112. The number of carboxylic acid groups (broad SMARTS) is 1. The molecule has 0 aliphatic heterocycles. The molecule has 0 aromatic rings. The van der Waals surface area contributed by atoms with E-state index in [0.29, 0.717) is 0 Å². The summed E-state index contributed by atoms with van der Waals surface area (Å²) in [6.07, 6.45) is 30.9. The number of hydrogen-bond donors (Lipinski definition) is 1. The SMILES string of the molecule is CCCCCCCCCCCCCCC(CCCCCC/C=C\CCC(C)C)C(=O)O. The number of aliphatic carboxylic acids is 1. The van der Waals surface area contributed by atoms with Crippen molar-refractivity contribution in [3.8, 4) is 0 Å². The molecular weight excluding hydrogens is 380 g/mol. The monoisotopic (exact) mass is 436 g/mol. The first-order valence-electron chi connectivity index (χ1n) is 14.0. The van der Waals surface area contributed by atoms with Gasteiger partial charge >= 0.3 is 5.97 Å². The molecule has 0 aromatic carbocycles. The summed E-state index contributed by atoms with van der Waals surface area (Å²) in [5.74, 6) is 0.108. The smallest absolute Gasteiger partial charge is 0.306 e. The second kappa shape index (κ2) is 23.9. The van der Waals surface area contributed by atoms with Crippen molar-refractivity contribution >= 4 is 5.97 Å². The quantitative estimate of drug-likeness (QED) is 0.121. The predicted molar refractivity (Wildman–Crippen MR) is 138 cm³/mol. The molecule has 0 radical (unpaired) electrons. The van der Waals surface area contributed by atoms with Crippen molar-refractivity contribution in [1.82, 2.24) is 0 Å². The maximum atomic E-state index is 11.5. The van der Waals surface area contributed by atoms with Gasteiger partial charge in [-0.2, -0.15) is 0 Å². The first-order valence-corrected chi connectivity index (χ1v) is 14.0. The molecule has 0 aliphatic rings. The summed E-state index contributed by atoms with van der Waals surface area (Å²) in [7, 11) is 0. The maximum absolute atomic E-state index is 11.5. The normalized spacial score (nSPS) is 12.8. The summed E-state index contributed by atoms with van der Waals surface area (Å²) in [6.45, 7) is 6.82. The number of rotatable bonds is 24. The average Bonchev–Trinajstić information content (AvgIpc) is 2.73. The largest absolute Gasteiger partial charge is 0.481 e. The van der Waals surface area contributed by atoms with Gasteiger partial charge in [-0.15, -0.1) is 0 Å². The molecular formula is C29H56O2. The number of allylic oxidation sites excluding steroid dienone is 2. The van der Waals surface area contributed by atoms with Gasteiger partial charge in [-0.3, -0.25) is 4.79 Å². The van der Waals surface area contributed by atoms with Gasteiger partial charge in [0.05, 0.1) is 5.92 Å². The highest BCUT2D eigenvalue weighted by molar-refractivity contribution is 5.69. The topological polar surface area (TPSA) is 37.3 Å². The molecule has 0 amide bonds. The highest BCUT2D eigenvalue weighted by atomic mass is 16.4. The molecule has 1 atom stereocenters. The standard InChI is InChI=1S/C29H56O2/c1-4-5-6-7-8-9-10-11-12-16-19-22-25-28(29(30)31)26-23-20-17-14-13-15-18-21-24-27(2)3/h15,18,27-28H,4-14,16-17,19-26H2,1-3H3,(H,30,31)/b18-15-. The second-order valence-electron chi connectivity index (χ2n) is 10.1. The van der Waals surface area contributed by atoms with E-state index in [-0.39, 0.29) is 5.92 Å². The zero-order valence-corrected chi connectivity index (χ0v) is 21.5. The second-order valence-corrected chi connectivity index (χ2v) is 10.1. The van der Waals surface area contributed by atoms with Crippen LogP contribution in [0.15, 0.2) is 12.2 Å². The highest BCUT2D eigenvalue weighted by Crippen LogP contribution is 2.20. The number of hydrogen-bond acceptors (Lipinski definition) is 1. The van der Waals surface area contributed by atoms with E-state index in [1.54, 1.807) is 0 Å². The zero-order valence-electron chi connectivity index (χ0n) is 21.5. The number of carboxylic acids is 1. The lowest BCUT2D eigenvalue weighted by molar-refractivity contribution is -0.142. The van der Waals surface area contributed by atoms with Gasteiger partial charge in [0.15, 0.2) is 0 Å². The Labute approximate surface area is 195 Å². The van der Waals surface area contributed by atoms with Crippen molar-refractivity contribution in [2.45, 2.75) is 156 Å². The van der Waals surface area contributed by atoms with Crippen molar-refractivity contribution in [1.29, 1.82) is 0 Å². The minimum Gasteiger partial charge on any atom is -0.481 e. The molecule has 0 bridgehead atoms. The molecule has 0 rings (SSSR count). The maximum Gasteiger partial charge on any atom is 0.306 e. The zero-order chi connectivity index (χ0) is 23.0. The van der Waals surface area contributed by atoms with E-state index < -0.39 is 5.97 Å². The van der Waals surface area contributed by atoms with Crippen LogP contribution in [0.2, 0.25) is 0 Å². The minimum atomic E-state index is -0.573. The Bertz CT molecular complexity index is 400. The summed E-state index contributed by atoms with van der Waals surface area (Å²) >= 11 is 0. The molecule has 0 heterocycles. The van der Waals surface area contributed by atoms with E-state index in [1.807, 2.05) is 0 Å². The van der Waals surface area contributed by atoms with E-state index in [2.05, 4.69) is 32.9 Å². The summed E-state index contributed by atoms with van der Waals surface area (Å²) in [5, 5.41) is 9.50. The van der Waals surface area contributed by atoms with E-state index in [9.17, 15) is 9.90 Å². The van der Waals surface area contributed by atoms with E-state index in [4.69, 9.17) is 0 Å². The Morgan fingerprint density at radius 2 is 1.03 bits per heavy atom. The van der Waals surface area contributed by atoms with Gasteiger partial charge in [0.2, 0.25) is 0 Å². The van der Waals surface area contributed by atoms with Crippen LogP contribution in [0, 0.1) is 11.8 Å². The number of carbonyl (C=O) groups is 1.